The van der Waals surface area contributed by atoms with E-state index in [0.29, 0.717) is 11.0 Å². The highest BCUT2D eigenvalue weighted by Crippen LogP contribution is 2.36. The zero-order chi connectivity index (χ0) is 24.4. The maximum atomic E-state index is 13.1. The number of esters is 1. The predicted octanol–water partition coefficient (Wildman–Crippen LogP) is 4.18. The van der Waals surface area contributed by atoms with Gasteiger partial charge in [-0.3, -0.25) is 9.78 Å². The number of hydrogen-bond acceptors (Lipinski definition) is 5. The van der Waals surface area contributed by atoms with E-state index in [1.165, 1.54) is 6.20 Å². The summed E-state index contributed by atoms with van der Waals surface area (Å²) in [7, 11) is 1.01. The van der Waals surface area contributed by atoms with Gasteiger partial charge in [0.2, 0.25) is 0 Å². The minimum Gasteiger partial charge on any atom is -0.467 e. The van der Waals surface area contributed by atoms with Crippen LogP contribution < -0.4 is 5.32 Å². The van der Waals surface area contributed by atoms with E-state index in [9.17, 15) is 35.9 Å². The number of hydrogen-bond donors (Lipinski definition) is 1. The summed E-state index contributed by atoms with van der Waals surface area (Å²) in [5.74, 6) is -2.29. The molecule has 1 atom stereocenters. The van der Waals surface area contributed by atoms with Gasteiger partial charge in [0.05, 0.1) is 35.0 Å². The lowest BCUT2D eigenvalue weighted by Crippen LogP contribution is -2.43. The van der Waals surface area contributed by atoms with Gasteiger partial charge in [-0.2, -0.15) is 26.3 Å². The highest BCUT2D eigenvalue weighted by Gasteiger charge is 2.38. The van der Waals surface area contributed by atoms with Gasteiger partial charge in [0.25, 0.3) is 5.91 Å². The summed E-state index contributed by atoms with van der Waals surface area (Å²) in [6.45, 7) is 0. The summed E-state index contributed by atoms with van der Waals surface area (Å²) in [6.07, 6.45) is -9.19. The summed E-state index contributed by atoms with van der Waals surface area (Å²) >= 11 is 0. The minimum atomic E-state index is -5.13. The predicted molar refractivity (Wildman–Crippen MR) is 103 cm³/mol. The average molecular weight is 471 g/mol. The molecule has 174 valence electrons. The third-order valence-electron chi connectivity index (χ3n) is 4.55. The number of aromatic nitrogens is 2. The second-order valence-electron chi connectivity index (χ2n) is 6.90. The first-order chi connectivity index (χ1) is 15.4. The molecule has 0 unspecified atom stereocenters. The molecule has 0 aliphatic rings. The van der Waals surface area contributed by atoms with Crippen molar-refractivity contribution in [3.8, 4) is 0 Å². The highest BCUT2D eigenvalue weighted by atomic mass is 19.4. The number of carbonyl (C=O) groups excluding carboxylic acids is 2. The number of alkyl halides is 6. The molecule has 0 bridgehead atoms. The fourth-order valence-corrected chi connectivity index (χ4v) is 2.97. The number of halogens is 6. The van der Waals surface area contributed by atoms with Gasteiger partial charge in [0, 0.05) is 18.2 Å². The highest BCUT2D eigenvalue weighted by molar-refractivity contribution is 5.97. The van der Waals surface area contributed by atoms with Crippen LogP contribution in [0.15, 0.2) is 48.7 Å². The van der Waals surface area contributed by atoms with Gasteiger partial charge in [-0.15, -0.1) is 0 Å². The third-order valence-corrected chi connectivity index (χ3v) is 4.55. The van der Waals surface area contributed by atoms with Crippen LogP contribution in [0.3, 0.4) is 0 Å². The fraction of sp³-hybridized carbons (Fsp3) is 0.238. The zero-order valence-electron chi connectivity index (χ0n) is 16.8. The molecule has 0 saturated carbocycles. The largest absolute Gasteiger partial charge is 0.467 e. The van der Waals surface area contributed by atoms with E-state index in [4.69, 9.17) is 0 Å². The molecule has 0 radical (unpaired) electrons. The topological polar surface area (TPSA) is 81.2 Å². The summed E-state index contributed by atoms with van der Waals surface area (Å²) in [4.78, 5) is 33.1. The van der Waals surface area contributed by atoms with Crippen molar-refractivity contribution in [2.45, 2.75) is 24.8 Å². The van der Waals surface area contributed by atoms with E-state index < -0.39 is 47.0 Å². The molecule has 1 heterocycles. The first-order valence-corrected chi connectivity index (χ1v) is 9.27. The van der Waals surface area contributed by atoms with Crippen LogP contribution in [-0.4, -0.2) is 35.0 Å². The van der Waals surface area contributed by atoms with Crippen molar-refractivity contribution >= 4 is 22.9 Å². The van der Waals surface area contributed by atoms with Crippen molar-refractivity contribution in [1.29, 1.82) is 0 Å². The Morgan fingerprint density at radius 1 is 0.970 bits per heavy atom. The number of benzene rings is 2. The van der Waals surface area contributed by atoms with E-state index in [1.807, 2.05) is 0 Å². The number of para-hydroxylation sites is 2. The molecule has 1 N–H and O–H groups in total. The van der Waals surface area contributed by atoms with Crippen LogP contribution in [0.4, 0.5) is 26.3 Å². The molecule has 2 aromatic carbocycles. The van der Waals surface area contributed by atoms with Crippen molar-refractivity contribution in [1.82, 2.24) is 15.3 Å². The Balaban J connectivity index is 1.91. The van der Waals surface area contributed by atoms with Crippen LogP contribution in [-0.2, 0) is 28.3 Å². The van der Waals surface area contributed by atoms with Gasteiger partial charge in [-0.1, -0.05) is 12.1 Å². The first-order valence-electron chi connectivity index (χ1n) is 9.27. The number of nitrogens with zero attached hydrogens (tertiary/aromatic N) is 2. The lowest BCUT2D eigenvalue weighted by atomic mass is 10.0. The summed E-state index contributed by atoms with van der Waals surface area (Å²) in [6, 6.07) is 5.78. The number of fused-ring (bicyclic) bond motifs is 1. The average Bonchev–Trinajstić information content (AvgIpc) is 2.76. The van der Waals surface area contributed by atoms with E-state index in [0.717, 1.165) is 7.11 Å². The molecule has 0 saturated heterocycles. The Hall–Kier alpha value is -3.70. The Labute approximate surface area is 182 Å². The normalized spacial score (nSPS) is 12.9. The first kappa shape index (κ1) is 24.0. The molecule has 1 amide bonds. The maximum absolute atomic E-state index is 13.1. The number of methoxy groups -OCH3 is 1. The molecule has 3 aromatic rings. The van der Waals surface area contributed by atoms with E-state index in [1.54, 1.807) is 24.3 Å². The summed E-state index contributed by atoms with van der Waals surface area (Å²) in [5.41, 5.74) is -2.95. The molecule has 1 aromatic heterocycles. The van der Waals surface area contributed by atoms with Crippen LogP contribution >= 0.6 is 0 Å². The van der Waals surface area contributed by atoms with Gasteiger partial charge in [0.15, 0.2) is 0 Å². The molecule has 3 rings (SSSR count). The SMILES string of the molecule is COC(=O)[C@H](Cc1cnc2ccccc2n1)NC(=O)c1cc(C(F)(F)F)cc(C(F)(F)F)c1. The third kappa shape index (κ3) is 5.76. The van der Waals surface area contributed by atoms with Crippen molar-refractivity contribution in [3.05, 3.63) is 71.0 Å². The Morgan fingerprint density at radius 3 is 2.09 bits per heavy atom. The van der Waals surface area contributed by atoms with E-state index in [2.05, 4.69) is 20.0 Å². The number of amides is 1. The number of rotatable bonds is 5. The van der Waals surface area contributed by atoms with Crippen molar-refractivity contribution in [3.63, 3.8) is 0 Å². The van der Waals surface area contributed by atoms with Crippen molar-refractivity contribution in [2.24, 2.45) is 0 Å². The maximum Gasteiger partial charge on any atom is 0.416 e. The summed E-state index contributed by atoms with van der Waals surface area (Å²) < 4.78 is 83.0. The molecule has 33 heavy (non-hydrogen) atoms. The lowest BCUT2D eigenvalue weighted by Gasteiger charge is -2.18. The summed E-state index contributed by atoms with van der Waals surface area (Å²) in [5, 5.41) is 2.12. The Kier molecular flexibility index (Phi) is 6.56. The molecule has 6 nitrogen and oxygen atoms in total. The Morgan fingerprint density at radius 2 is 1.55 bits per heavy atom. The Bertz CT molecular complexity index is 1160. The number of ether oxygens (including phenoxy) is 1. The molecule has 12 heteroatoms. The van der Waals surface area contributed by atoms with E-state index >= 15 is 0 Å². The second-order valence-corrected chi connectivity index (χ2v) is 6.90. The van der Waals surface area contributed by atoms with Crippen LogP contribution in [0.25, 0.3) is 11.0 Å². The van der Waals surface area contributed by atoms with Crippen molar-refractivity contribution in [2.75, 3.05) is 7.11 Å². The smallest absolute Gasteiger partial charge is 0.416 e. The van der Waals surface area contributed by atoms with Crippen LogP contribution in [0.2, 0.25) is 0 Å². The number of carbonyl (C=O) groups is 2. The minimum absolute atomic E-state index is 0.0980. The van der Waals surface area contributed by atoms with Gasteiger partial charge >= 0.3 is 18.3 Å². The van der Waals surface area contributed by atoms with E-state index in [-0.39, 0.29) is 30.3 Å². The van der Waals surface area contributed by atoms with Crippen molar-refractivity contribution < 1.29 is 40.7 Å². The molecule has 0 aliphatic heterocycles. The zero-order valence-corrected chi connectivity index (χ0v) is 16.8. The van der Waals surface area contributed by atoms with Gasteiger partial charge < -0.3 is 10.1 Å². The number of nitrogens with one attached hydrogen (secondary N) is 1. The standard InChI is InChI=1S/C21H15F6N3O3/c1-33-19(32)17(9-14-10-28-15-4-2-3-5-16(15)29-14)30-18(31)11-6-12(20(22,23)24)8-13(7-11)21(25,26)27/h2-8,10,17H,9H2,1H3,(H,30,31)/t17-/m0/s1. The quantitative estimate of drug-likeness (QED) is 0.446. The molecule has 0 fully saturated rings. The molecule has 0 spiro atoms. The van der Waals surface area contributed by atoms with Gasteiger partial charge in [-0.25, -0.2) is 9.78 Å². The second kappa shape index (κ2) is 9.04. The molecule has 0 aliphatic carbocycles. The van der Waals surface area contributed by atoms with Crippen LogP contribution in [0, 0.1) is 0 Å². The fourth-order valence-electron chi connectivity index (χ4n) is 2.97. The van der Waals surface area contributed by atoms with Crippen LogP contribution in [0.5, 0.6) is 0 Å². The van der Waals surface area contributed by atoms with Gasteiger partial charge in [-0.05, 0) is 30.3 Å². The van der Waals surface area contributed by atoms with Gasteiger partial charge in [0.1, 0.15) is 6.04 Å². The monoisotopic (exact) mass is 471 g/mol. The molecular formula is C21H15F6N3O3. The molecular weight excluding hydrogens is 456 g/mol. The van der Waals surface area contributed by atoms with Crippen LogP contribution in [0.1, 0.15) is 27.2 Å². The lowest BCUT2D eigenvalue weighted by molar-refractivity contribution is -0.144.